The fourth-order valence-electron chi connectivity index (χ4n) is 1.62. The van der Waals surface area contributed by atoms with Crippen molar-refractivity contribution in [2.45, 2.75) is 13.0 Å². The minimum absolute atomic E-state index is 0.467. The van der Waals surface area contributed by atoms with Crippen LogP contribution in [0.3, 0.4) is 0 Å². The van der Waals surface area contributed by atoms with Crippen molar-refractivity contribution in [2.75, 3.05) is 13.7 Å². The van der Waals surface area contributed by atoms with Gasteiger partial charge in [-0.05, 0) is 24.6 Å². The maximum atomic E-state index is 5.79. The van der Waals surface area contributed by atoms with Crippen LogP contribution in [0.4, 0.5) is 0 Å². The molecule has 4 nitrogen and oxygen atoms in total. The highest BCUT2D eigenvalue weighted by Gasteiger charge is 2.06. The second kappa shape index (κ2) is 6.37. The van der Waals surface area contributed by atoms with Crippen molar-refractivity contribution in [3.05, 3.63) is 40.3 Å². The van der Waals surface area contributed by atoms with Crippen LogP contribution in [0.15, 0.2) is 29.1 Å². The Morgan fingerprint density at radius 3 is 2.94 bits per heavy atom. The van der Waals surface area contributed by atoms with Gasteiger partial charge in [0.15, 0.2) is 0 Å². The molecule has 0 saturated carbocycles. The fraction of sp³-hybridized carbons (Fsp3) is 0.308. The van der Waals surface area contributed by atoms with Crippen molar-refractivity contribution in [1.29, 1.82) is 0 Å². The van der Waals surface area contributed by atoms with E-state index in [0.29, 0.717) is 13.2 Å². The van der Waals surface area contributed by atoms with Gasteiger partial charge in [-0.15, -0.1) is 11.3 Å². The molecule has 0 aliphatic heterocycles. The summed E-state index contributed by atoms with van der Waals surface area (Å²) in [5, 5.41) is 1.97. The van der Waals surface area contributed by atoms with E-state index in [2.05, 4.69) is 4.98 Å². The third kappa shape index (κ3) is 3.21. The first-order valence-electron chi connectivity index (χ1n) is 5.70. The summed E-state index contributed by atoms with van der Waals surface area (Å²) >= 11 is 1.56. The van der Waals surface area contributed by atoms with Crippen LogP contribution in [-0.4, -0.2) is 18.6 Å². The number of nitrogens with zero attached hydrogens (tertiary/aromatic N) is 1. The van der Waals surface area contributed by atoms with E-state index in [0.717, 1.165) is 29.2 Å². The van der Waals surface area contributed by atoms with E-state index < -0.39 is 0 Å². The lowest BCUT2D eigenvalue weighted by Gasteiger charge is -2.11. The first-order chi connectivity index (χ1) is 8.83. The van der Waals surface area contributed by atoms with E-state index in [1.807, 2.05) is 23.6 Å². The molecule has 1 aromatic carbocycles. The quantitative estimate of drug-likeness (QED) is 0.869. The molecule has 0 aliphatic carbocycles. The number of rotatable bonds is 6. The van der Waals surface area contributed by atoms with Gasteiger partial charge in [-0.3, -0.25) is 0 Å². The highest BCUT2D eigenvalue weighted by Crippen LogP contribution is 2.26. The third-order valence-corrected chi connectivity index (χ3v) is 3.18. The lowest BCUT2D eigenvalue weighted by Crippen LogP contribution is -2.06. The number of thiazole rings is 1. The highest BCUT2D eigenvalue weighted by molar-refractivity contribution is 7.07. The van der Waals surface area contributed by atoms with Crippen LogP contribution >= 0.6 is 11.3 Å². The van der Waals surface area contributed by atoms with Crippen molar-refractivity contribution in [3.8, 4) is 11.5 Å². The molecule has 0 aliphatic rings. The molecule has 2 aromatic rings. The second-order valence-electron chi connectivity index (χ2n) is 3.78. The van der Waals surface area contributed by atoms with Crippen LogP contribution in [0.2, 0.25) is 0 Å². The summed E-state index contributed by atoms with van der Waals surface area (Å²) in [5.74, 6) is 1.59. The van der Waals surface area contributed by atoms with E-state index in [1.54, 1.807) is 24.0 Å². The Balaban J connectivity index is 2.12. The van der Waals surface area contributed by atoms with Gasteiger partial charge >= 0.3 is 0 Å². The molecule has 0 atom stereocenters. The molecular formula is C13H16N2O2S. The number of methoxy groups -OCH3 is 1. The van der Waals surface area contributed by atoms with Crippen LogP contribution < -0.4 is 15.2 Å². The number of hydrogen-bond acceptors (Lipinski definition) is 5. The Morgan fingerprint density at radius 1 is 1.39 bits per heavy atom. The molecule has 96 valence electrons. The fourth-order valence-corrected chi connectivity index (χ4v) is 2.16. The van der Waals surface area contributed by atoms with E-state index in [4.69, 9.17) is 15.2 Å². The van der Waals surface area contributed by atoms with Crippen molar-refractivity contribution in [3.63, 3.8) is 0 Å². The first kappa shape index (κ1) is 12.9. The monoisotopic (exact) mass is 264 g/mol. The number of nitrogens with two attached hydrogens (primary N) is 1. The maximum Gasteiger partial charge on any atom is 0.131 e. The normalized spacial score (nSPS) is 10.3. The Kier molecular flexibility index (Phi) is 4.55. The Morgan fingerprint density at radius 2 is 2.28 bits per heavy atom. The summed E-state index contributed by atoms with van der Waals surface area (Å²) in [6.45, 7) is 1.06. The van der Waals surface area contributed by atoms with Crippen molar-refractivity contribution >= 4 is 11.3 Å². The van der Waals surface area contributed by atoms with E-state index in [-0.39, 0.29) is 0 Å². The van der Waals surface area contributed by atoms with Gasteiger partial charge in [0.25, 0.3) is 0 Å². The minimum Gasteiger partial charge on any atom is -0.497 e. The molecule has 0 saturated heterocycles. The SMILES string of the molecule is COc1ccc(CCN)c(OCc2cscn2)c1. The largest absolute Gasteiger partial charge is 0.497 e. The van der Waals surface area contributed by atoms with E-state index >= 15 is 0 Å². The van der Waals surface area contributed by atoms with E-state index in [9.17, 15) is 0 Å². The zero-order valence-electron chi connectivity index (χ0n) is 10.3. The number of benzene rings is 1. The van der Waals surface area contributed by atoms with Crippen molar-refractivity contribution in [1.82, 2.24) is 4.98 Å². The molecule has 2 N–H and O–H groups in total. The molecule has 0 radical (unpaired) electrons. The third-order valence-electron chi connectivity index (χ3n) is 2.55. The maximum absolute atomic E-state index is 5.79. The van der Waals surface area contributed by atoms with Gasteiger partial charge in [0.2, 0.25) is 0 Å². The van der Waals surface area contributed by atoms with Gasteiger partial charge in [0.1, 0.15) is 18.1 Å². The Labute approximate surface area is 110 Å². The van der Waals surface area contributed by atoms with Gasteiger partial charge in [-0.25, -0.2) is 4.98 Å². The van der Waals surface area contributed by atoms with Crippen LogP contribution in [0, 0.1) is 0 Å². The molecule has 0 spiro atoms. The predicted molar refractivity (Wildman–Crippen MR) is 72.2 cm³/mol. The van der Waals surface area contributed by atoms with Crippen LogP contribution in [0.25, 0.3) is 0 Å². The molecule has 0 unspecified atom stereocenters. The molecule has 5 heteroatoms. The first-order valence-corrected chi connectivity index (χ1v) is 6.64. The molecule has 1 aromatic heterocycles. The van der Waals surface area contributed by atoms with Crippen molar-refractivity contribution in [2.24, 2.45) is 5.73 Å². The van der Waals surface area contributed by atoms with Gasteiger partial charge in [0, 0.05) is 11.4 Å². The van der Waals surface area contributed by atoms with Crippen LogP contribution in [0.5, 0.6) is 11.5 Å². The summed E-state index contributed by atoms with van der Waals surface area (Å²) in [6.07, 6.45) is 0.788. The summed E-state index contributed by atoms with van der Waals surface area (Å²) in [6, 6.07) is 5.79. The Bertz CT molecular complexity index is 486. The van der Waals surface area contributed by atoms with E-state index in [1.165, 1.54) is 0 Å². The average Bonchev–Trinajstić information content (AvgIpc) is 2.91. The average molecular weight is 264 g/mol. The highest BCUT2D eigenvalue weighted by atomic mass is 32.1. The molecule has 1 heterocycles. The zero-order valence-corrected chi connectivity index (χ0v) is 11.1. The molecule has 0 bridgehead atoms. The molecular weight excluding hydrogens is 248 g/mol. The second-order valence-corrected chi connectivity index (χ2v) is 4.50. The lowest BCUT2D eigenvalue weighted by molar-refractivity contribution is 0.296. The molecule has 2 rings (SSSR count). The van der Waals surface area contributed by atoms with Gasteiger partial charge in [0.05, 0.1) is 18.3 Å². The summed E-state index contributed by atoms with van der Waals surface area (Å²) in [7, 11) is 1.64. The number of ether oxygens (including phenoxy) is 2. The van der Waals surface area contributed by atoms with Crippen LogP contribution in [0.1, 0.15) is 11.3 Å². The molecule has 0 amide bonds. The standard InChI is InChI=1S/C13H16N2O2S/c1-16-12-3-2-10(4-5-14)13(6-12)17-7-11-8-18-9-15-11/h2-3,6,8-9H,4-5,7,14H2,1H3. The summed E-state index contributed by atoms with van der Waals surface area (Å²) in [4.78, 5) is 4.19. The Hall–Kier alpha value is -1.59. The number of aromatic nitrogens is 1. The van der Waals surface area contributed by atoms with Gasteiger partial charge in [-0.2, -0.15) is 0 Å². The van der Waals surface area contributed by atoms with Gasteiger partial charge < -0.3 is 15.2 Å². The molecule has 0 fully saturated rings. The predicted octanol–water partition coefficient (Wildman–Crippen LogP) is 2.23. The van der Waals surface area contributed by atoms with Gasteiger partial charge in [-0.1, -0.05) is 6.07 Å². The summed E-state index contributed by atoms with van der Waals surface area (Å²) in [5.41, 5.74) is 9.41. The topological polar surface area (TPSA) is 57.4 Å². The lowest BCUT2D eigenvalue weighted by atomic mass is 10.1. The smallest absolute Gasteiger partial charge is 0.131 e. The minimum atomic E-state index is 0.467. The zero-order chi connectivity index (χ0) is 12.8. The number of hydrogen-bond donors (Lipinski definition) is 1. The van der Waals surface area contributed by atoms with Crippen LogP contribution in [-0.2, 0) is 13.0 Å². The van der Waals surface area contributed by atoms with Crippen molar-refractivity contribution < 1.29 is 9.47 Å². The molecule has 18 heavy (non-hydrogen) atoms. The summed E-state index contributed by atoms with van der Waals surface area (Å²) < 4.78 is 11.0.